The molecule has 0 aromatic heterocycles. The lowest BCUT2D eigenvalue weighted by atomic mass is 9.95. The molecule has 1 aromatic carbocycles. The number of aliphatic hydroxyl groups is 1. The van der Waals surface area contributed by atoms with Crippen molar-refractivity contribution in [1.82, 2.24) is 0 Å². The van der Waals surface area contributed by atoms with E-state index in [4.69, 9.17) is 4.74 Å². The second-order valence-electron chi connectivity index (χ2n) is 4.24. The van der Waals surface area contributed by atoms with Crippen molar-refractivity contribution < 1.29 is 9.84 Å². The summed E-state index contributed by atoms with van der Waals surface area (Å²) < 4.78 is 5.36. The van der Waals surface area contributed by atoms with Gasteiger partial charge in [0.05, 0.1) is 13.2 Å². The molecule has 1 aromatic rings. The Bertz CT molecular complexity index is 358. The minimum atomic E-state index is -0.308. The average molecular weight is 206 g/mol. The van der Waals surface area contributed by atoms with E-state index in [0.717, 1.165) is 37.0 Å². The Morgan fingerprint density at radius 2 is 2.13 bits per heavy atom. The zero-order chi connectivity index (χ0) is 10.8. The molecule has 1 atom stereocenters. The minimum Gasteiger partial charge on any atom is -0.496 e. The molecule has 82 valence electrons. The fourth-order valence-corrected chi connectivity index (χ4v) is 2.46. The zero-order valence-corrected chi connectivity index (χ0v) is 9.42. The van der Waals surface area contributed by atoms with Crippen LogP contribution < -0.4 is 4.74 Å². The molecule has 0 aliphatic heterocycles. The smallest absolute Gasteiger partial charge is 0.122 e. The van der Waals surface area contributed by atoms with Crippen LogP contribution in [-0.2, 0) is 6.42 Å². The van der Waals surface area contributed by atoms with Gasteiger partial charge in [-0.1, -0.05) is 12.5 Å². The predicted molar refractivity (Wildman–Crippen MR) is 60.2 cm³/mol. The molecule has 0 heterocycles. The van der Waals surface area contributed by atoms with Crippen molar-refractivity contribution in [2.45, 2.75) is 38.7 Å². The number of fused-ring (bicyclic) bond motifs is 1. The van der Waals surface area contributed by atoms with E-state index in [1.165, 1.54) is 11.1 Å². The van der Waals surface area contributed by atoms with Gasteiger partial charge in [-0.05, 0) is 43.4 Å². The number of aryl methyl sites for hydroxylation is 1. The van der Waals surface area contributed by atoms with Crippen molar-refractivity contribution in [1.29, 1.82) is 0 Å². The van der Waals surface area contributed by atoms with Crippen LogP contribution in [0.1, 0.15) is 42.1 Å². The third-order valence-electron chi connectivity index (χ3n) is 3.24. The van der Waals surface area contributed by atoms with Crippen LogP contribution in [0.15, 0.2) is 12.1 Å². The molecule has 0 unspecified atom stereocenters. The molecule has 0 saturated carbocycles. The van der Waals surface area contributed by atoms with E-state index >= 15 is 0 Å². The Morgan fingerprint density at radius 1 is 1.33 bits per heavy atom. The van der Waals surface area contributed by atoms with Crippen molar-refractivity contribution in [3.63, 3.8) is 0 Å². The lowest BCUT2D eigenvalue weighted by Crippen LogP contribution is -2.03. The number of hydrogen-bond donors (Lipinski definition) is 1. The SMILES string of the molecule is COc1ccc(C)c2c1CCCC[C@@H]2O. The number of benzene rings is 1. The van der Waals surface area contributed by atoms with E-state index in [0.29, 0.717) is 0 Å². The summed E-state index contributed by atoms with van der Waals surface area (Å²) in [5.74, 6) is 0.927. The first-order valence-corrected chi connectivity index (χ1v) is 5.58. The fourth-order valence-electron chi connectivity index (χ4n) is 2.46. The highest BCUT2D eigenvalue weighted by Gasteiger charge is 2.21. The Labute approximate surface area is 90.9 Å². The van der Waals surface area contributed by atoms with E-state index in [1.807, 2.05) is 12.1 Å². The molecule has 1 aliphatic rings. The topological polar surface area (TPSA) is 29.5 Å². The van der Waals surface area contributed by atoms with Crippen molar-refractivity contribution in [3.8, 4) is 5.75 Å². The van der Waals surface area contributed by atoms with Crippen LogP contribution in [0.5, 0.6) is 5.75 Å². The van der Waals surface area contributed by atoms with Gasteiger partial charge in [-0.3, -0.25) is 0 Å². The highest BCUT2D eigenvalue weighted by molar-refractivity contribution is 5.46. The van der Waals surface area contributed by atoms with Crippen molar-refractivity contribution in [3.05, 3.63) is 28.8 Å². The molecule has 2 heteroatoms. The summed E-state index contributed by atoms with van der Waals surface area (Å²) in [4.78, 5) is 0. The molecular weight excluding hydrogens is 188 g/mol. The largest absolute Gasteiger partial charge is 0.496 e. The Kier molecular flexibility index (Phi) is 2.96. The summed E-state index contributed by atoms with van der Waals surface area (Å²) in [5.41, 5.74) is 3.49. The predicted octanol–water partition coefficient (Wildman–Crippen LogP) is 2.76. The van der Waals surface area contributed by atoms with Gasteiger partial charge in [0.15, 0.2) is 0 Å². The van der Waals surface area contributed by atoms with E-state index in [-0.39, 0.29) is 6.10 Å². The third-order valence-corrected chi connectivity index (χ3v) is 3.24. The van der Waals surface area contributed by atoms with Crippen LogP contribution in [-0.4, -0.2) is 12.2 Å². The summed E-state index contributed by atoms with van der Waals surface area (Å²) in [6.45, 7) is 2.06. The van der Waals surface area contributed by atoms with Gasteiger partial charge in [0, 0.05) is 5.56 Å². The van der Waals surface area contributed by atoms with Gasteiger partial charge >= 0.3 is 0 Å². The molecule has 2 rings (SSSR count). The lowest BCUT2D eigenvalue weighted by molar-refractivity contribution is 0.165. The first-order chi connectivity index (χ1) is 7.24. The van der Waals surface area contributed by atoms with Crippen LogP contribution in [0.2, 0.25) is 0 Å². The second kappa shape index (κ2) is 4.23. The molecule has 15 heavy (non-hydrogen) atoms. The van der Waals surface area contributed by atoms with Crippen LogP contribution in [0.3, 0.4) is 0 Å². The summed E-state index contributed by atoms with van der Waals surface area (Å²) in [5, 5.41) is 10.1. The molecule has 2 nitrogen and oxygen atoms in total. The molecule has 1 aliphatic carbocycles. The van der Waals surface area contributed by atoms with E-state index in [2.05, 4.69) is 6.92 Å². The quantitative estimate of drug-likeness (QED) is 0.716. The standard InChI is InChI=1S/C13H18O2/c1-9-7-8-12(15-2)10-5-3-4-6-11(14)13(9)10/h7-8,11,14H,3-6H2,1-2H3/t11-/m0/s1. The number of methoxy groups -OCH3 is 1. The summed E-state index contributed by atoms with van der Waals surface area (Å²) in [7, 11) is 1.70. The summed E-state index contributed by atoms with van der Waals surface area (Å²) >= 11 is 0. The van der Waals surface area contributed by atoms with E-state index < -0.39 is 0 Å². The third kappa shape index (κ3) is 1.86. The molecule has 0 fully saturated rings. The number of hydrogen-bond acceptors (Lipinski definition) is 2. The van der Waals surface area contributed by atoms with Crippen LogP contribution >= 0.6 is 0 Å². The normalized spacial score (nSPS) is 20.6. The van der Waals surface area contributed by atoms with Gasteiger partial charge in [-0.25, -0.2) is 0 Å². The Morgan fingerprint density at radius 3 is 2.87 bits per heavy atom. The Hall–Kier alpha value is -1.02. The highest BCUT2D eigenvalue weighted by Crippen LogP contribution is 2.36. The number of aliphatic hydroxyl groups excluding tert-OH is 1. The minimum absolute atomic E-state index is 0.308. The Balaban J connectivity index is 2.55. The van der Waals surface area contributed by atoms with E-state index in [9.17, 15) is 5.11 Å². The molecule has 0 amide bonds. The maximum absolute atomic E-state index is 10.1. The van der Waals surface area contributed by atoms with Gasteiger partial charge in [0.2, 0.25) is 0 Å². The molecule has 0 bridgehead atoms. The molecule has 0 spiro atoms. The van der Waals surface area contributed by atoms with Gasteiger partial charge in [-0.2, -0.15) is 0 Å². The molecular formula is C13H18O2. The summed E-state index contributed by atoms with van der Waals surface area (Å²) in [6, 6.07) is 4.04. The van der Waals surface area contributed by atoms with Gasteiger partial charge in [-0.15, -0.1) is 0 Å². The number of rotatable bonds is 1. The average Bonchev–Trinajstić information content (AvgIpc) is 2.42. The van der Waals surface area contributed by atoms with Gasteiger partial charge in [0.1, 0.15) is 5.75 Å². The summed E-state index contributed by atoms with van der Waals surface area (Å²) in [6.07, 6.45) is 3.83. The molecule has 0 radical (unpaired) electrons. The second-order valence-corrected chi connectivity index (χ2v) is 4.24. The first-order valence-electron chi connectivity index (χ1n) is 5.58. The lowest BCUT2D eigenvalue weighted by Gasteiger charge is -2.17. The van der Waals surface area contributed by atoms with E-state index in [1.54, 1.807) is 7.11 Å². The van der Waals surface area contributed by atoms with Crippen LogP contribution in [0.4, 0.5) is 0 Å². The number of ether oxygens (including phenoxy) is 1. The van der Waals surface area contributed by atoms with Crippen molar-refractivity contribution in [2.24, 2.45) is 0 Å². The van der Waals surface area contributed by atoms with Crippen LogP contribution in [0.25, 0.3) is 0 Å². The van der Waals surface area contributed by atoms with Gasteiger partial charge < -0.3 is 9.84 Å². The monoisotopic (exact) mass is 206 g/mol. The maximum Gasteiger partial charge on any atom is 0.122 e. The fraction of sp³-hybridized carbons (Fsp3) is 0.538. The van der Waals surface area contributed by atoms with Crippen LogP contribution in [0, 0.1) is 6.92 Å². The van der Waals surface area contributed by atoms with Crippen molar-refractivity contribution >= 4 is 0 Å². The zero-order valence-electron chi connectivity index (χ0n) is 9.42. The van der Waals surface area contributed by atoms with Crippen molar-refractivity contribution in [2.75, 3.05) is 7.11 Å². The molecule has 1 N–H and O–H groups in total. The maximum atomic E-state index is 10.1. The van der Waals surface area contributed by atoms with Gasteiger partial charge in [0.25, 0.3) is 0 Å². The highest BCUT2D eigenvalue weighted by atomic mass is 16.5. The first kappa shape index (κ1) is 10.5. The molecule has 0 saturated heterocycles.